The maximum atomic E-state index is 12.4. The van der Waals surface area contributed by atoms with Gasteiger partial charge in [-0.05, 0) is 55.5 Å². The van der Waals surface area contributed by atoms with Gasteiger partial charge in [-0.3, -0.25) is 0 Å². The van der Waals surface area contributed by atoms with Crippen molar-refractivity contribution >= 4 is 29.3 Å². The van der Waals surface area contributed by atoms with Crippen molar-refractivity contribution in [1.82, 2.24) is 5.06 Å². The third kappa shape index (κ3) is 5.62. The largest absolute Gasteiger partial charge is 0.497 e. The van der Waals surface area contributed by atoms with E-state index in [-0.39, 0.29) is 19.0 Å². The van der Waals surface area contributed by atoms with Crippen molar-refractivity contribution in [1.29, 1.82) is 0 Å². The molecule has 162 valence electrons. The van der Waals surface area contributed by atoms with Gasteiger partial charge in [0.05, 0.1) is 12.1 Å². The van der Waals surface area contributed by atoms with Crippen LogP contribution in [0.5, 0.6) is 5.75 Å². The molecule has 30 heavy (non-hydrogen) atoms. The highest BCUT2D eigenvalue weighted by Crippen LogP contribution is 2.41. The molecule has 0 unspecified atom stereocenters. The number of carbonyl (C=O) groups is 1. The Morgan fingerprint density at radius 2 is 1.80 bits per heavy atom. The van der Waals surface area contributed by atoms with Gasteiger partial charge in [-0.2, -0.15) is 13.2 Å². The summed E-state index contributed by atoms with van der Waals surface area (Å²) in [5.74, 6) is -1.36. The van der Waals surface area contributed by atoms with E-state index in [4.69, 9.17) is 16.3 Å². The monoisotopic (exact) mass is 459 g/mol. The zero-order valence-electron chi connectivity index (χ0n) is 16.5. The van der Waals surface area contributed by atoms with Gasteiger partial charge in [0.1, 0.15) is 5.75 Å². The van der Waals surface area contributed by atoms with E-state index in [2.05, 4.69) is 10.9 Å². The van der Waals surface area contributed by atoms with Gasteiger partial charge >= 0.3 is 12.1 Å². The standard InChI is InChI=1S/C21H21ClF3NO3S/c1-13-3-5-18(30-19-6-4-15(28-2)12-17(19)22)16(11-13)14-7-9-26(10-8-14)29-20(27)21(23,24)25/h3-6,11-12,14H,7-10H2,1-2H3. The Kier molecular flexibility index (Phi) is 7.21. The average Bonchev–Trinajstić information content (AvgIpc) is 2.70. The molecule has 2 aromatic carbocycles. The topological polar surface area (TPSA) is 38.8 Å². The van der Waals surface area contributed by atoms with Crippen LogP contribution in [0.1, 0.15) is 29.9 Å². The highest BCUT2D eigenvalue weighted by Gasteiger charge is 2.43. The first-order valence-electron chi connectivity index (χ1n) is 9.33. The molecular weight excluding hydrogens is 439 g/mol. The summed E-state index contributed by atoms with van der Waals surface area (Å²) in [6.45, 7) is 2.49. The SMILES string of the molecule is COc1ccc(Sc2ccc(C)cc2C2CCN(OC(=O)C(F)(F)F)CC2)c(Cl)c1. The Labute approximate surface area is 182 Å². The molecule has 0 saturated carbocycles. The Balaban J connectivity index is 1.73. The van der Waals surface area contributed by atoms with Crippen LogP contribution in [-0.4, -0.2) is 37.4 Å². The summed E-state index contributed by atoms with van der Waals surface area (Å²) >= 11 is 7.93. The first-order chi connectivity index (χ1) is 14.2. The van der Waals surface area contributed by atoms with E-state index < -0.39 is 12.1 Å². The van der Waals surface area contributed by atoms with Crippen LogP contribution in [0.4, 0.5) is 13.2 Å². The van der Waals surface area contributed by atoms with Crippen LogP contribution in [0.15, 0.2) is 46.2 Å². The number of alkyl halides is 3. The number of halogens is 4. The highest BCUT2D eigenvalue weighted by molar-refractivity contribution is 7.99. The molecule has 1 aliphatic heterocycles. The van der Waals surface area contributed by atoms with Gasteiger partial charge < -0.3 is 9.57 Å². The number of nitrogens with zero attached hydrogens (tertiary/aromatic N) is 1. The lowest BCUT2D eigenvalue weighted by atomic mass is 9.89. The lowest BCUT2D eigenvalue weighted by molar-refractivity contribution is -0.241. The first kappa shape index (κ1) is 22.8. The van der Waals surface area contributed by atoms with E-state index in [1.165, 1.54) is 0 Å². The normalized spacial score (nSPS) is 15.8. The maximum absolute atomic E-state index is 12.4. The lowest BCUT2D eigenvalue weighted by Gasteiger charge is -2.31. The van der Waals surface area contributed by atoms with Crippen molar-refractivity contribution in [3.63, 3.8) is 0 Å². The maximum Gasteiger partial charge on any atom is 0.492 e. The van der Waals surface area contributed by atoms with Crippen molar-refractivity contribution in [2.45, 2.75) is 41.7 Å². The number of rotatable bonds is 5. The predicted octanol–water partition coefficient (Wildman–Crippen LogP) is 6.01. The molecule has 0 N–H and O–H groups in total. The summed E-state index contributed by atoms with van der Waals surface area (Å²) < 4.78 is 42.4. The van der Waals surface area contributed by atoms with E-state index in [1.807, 2.05) is 31.2 Å². The van der Waals surface area contributed by atoms with E-state index in [1.54, 1.807) is 24.9 Å². The predicted molar refractivity (Wildman–Crippen MR) is 109 cm³/mol. The van der Waals surface area contributed by atoms with E-state index in [9.17, 15) is 18.0 Å². The number of benzene rings is 2. The Hall–Kier alpha value is -1.90. The molecule has 3 rings (SSSR count). The summed E-state index contributed by atoms with van der Waals surface area (Å²) in [5, 5.41) is 1.68. The minimum atomic E-state index is -4.99. The number of ether oxygens (including phenoxy) is 1. The second-order valence-corrected chi connectivity index (χ2v) is 8.51. The zero-order chi connectivity index (χ0) is 21.9. The number of piperidine rings is 1. The summed E-state index contributed by atoms with van der Waals surface area (Å²) in [5.41, 5.74) is 2.22. The van der Waals surface area contributed by atoms with Gasteiger partial charge in [0, 0.05) is 22.9 Å². The van der Waals surface area contributed by atoms with Crippen LogP contribution in [0.2, 0.25) is 5.02 Å². The Morgan fingerprint density at radius 1 is 1.13 bits per heavy atom. The van der Waals surface area contributed by atoms with Crippen LogP contribution in [0.3, 0.4) is 0 Å². The first-order valence-corrected chi connectivity index (χ1v) is 10.5. The van der Waals surface area contributed by atoms with Crippen molar-refractivity contribution < 1.29 is 27.5 Å². The molecule has 0 aromatic heterocycles. The van der Waals surface area contributed by atoms with Crippen LogP contribution < -0.4 is 4.74 Å². The number of hydrogen-bond donors (Lipinski definition) is 0. The Morgan fingerprint density at radius 3 is 2.40 bits per heavy atom. The minimum Gasteiger partial charge on any atom is -0.497 e. The van der Waals surface area contributed by atoms with Crippen LogP contribution in [0, 0.1) is 6.92 Å². The van der Waals surface area contributed by atoms with Crippen LogP contribution >= 0.6 is 23.4 Å². The molecule has 0 spiro atoms. The molecule has 1 fully saturated rings. The molecule has 4 nitrogen and oxygen atoms in total. The fourth-order valence-electron chi connectivity index (χ4n) is 3.32. The van der Waals surface area contributed by atoms with E-state index in [0.717, 1.165) is 26.0 Å². The zero-order valence-corrected chi connectivity index (χ0v) is 18.0. The van der Waals surface area contributed by atoms with Crippen molar-refractivity contribution in [3.05, 3.63) is 52.5 Å². The van der Waals surface area contributed by atoms with Crippen molar-refractivity contribution in [3.8, 4) is 5.75 Å². The van der Waals surface area contributed by atoms with Gasteiger partial charge in [-0.25, -0.2) is 4.79 Å². The molecule has 0 bridgehead atoms. The number of carbonyl (C=O) groups excluding carboxylic acids is 1. The Bertz CT molecular complexity index is 915. The number of hydroxylamine groups is 2. The van der Waals surface area contributed by atoms with Gasteiger partial charge in [0.25, 0.3) is 0 Å². The number of methoxy groups -OCH3 is 1. The van der Waals surface area contributed by atoms with Crippen molar-refractivity contribution in [2.75, 3.05) is 20.2 Å². The van der Waals surface area contributed by atoms with Gasteiger partial charge in [-0.15, -0.1) is 5.06 Å². The van der Waals surface area contributed by atoms with Gasteiger partial charge in [-0.1, -0.05) is 41.1 Å². The summed E-state index contributed by atoms with van der Waals surface area (Å²) in [4.78, 5) is 17.4. The van der Waals surface area contributed by atoms with Gasteiger partial charge in [0.2, 0.25) is 0 Å². The van der Waals surface area contributed by atoms with Crippen LogP contribution in [0.25, 0.3) is 0 Å². The average molecular weight is 460 g/mol. The summed E-state index contributed by atoms with van der Waals surface area (Å²) in [7, 11) is 1.58. The minimum absolute atomic E-state index is 0.144. The molecule has 0 radical (unpaired) electrons. The molecule has 1 aliphatic rings. The smallest absolute Gasteiger partial charge is 0.492 e. The van der Waals surface area contributed by atoms with Crippen LogP contribution in [-0.2, 0) is 9.63 Å². The molecular formula is C21H21ClF3NO3S. The van der Waals surface area contributed by atoms with E-state index >= 15 is 0 Å². The lowest BCUT2D eigenvalue weighted by Crippen LogP contribution is -2.39. The molecule has 0 amide bonds. The second kappa shape index (κ2) is 9.49. The molecule has 1 saturated heterocycles. The molecule has 0 atom stereocenters. The highest BCUT2D eigenvalue weighted by atomic mass is 35.5. The fraction of sp³-hybridized carbons (Fsp3) is 0.381. The summed E-state index contributed by atoms with van der Waals surface area (Å²) in [6.07, 6.45) is -3.83. The summed E-state index contributed by atoms with van der Waals surface area (Å²) in [6, 6.07) is 11.6. The fourth-order valence-corrected chi connectivity index (χ4v) is 4.61. The van der Waals surface area contributed by atoms with Gasteiger partial charge in [0.15, 0.2) is 0 Å². The van der Waals surface area contributed by atoms with E-state index in [0.29, 0.717) is 23.6 Å². The number of hydrogen-bond acceptors (Lipinski definition) is 5. The molecule has 1 heterocycles. The van der Waals surface area contributed by atoms with Crippen molar-refractivity contribution in [2.24, 2.45) is 0 Å². The molecule has 0 aliphatic carbocycles. The quantitative estimate of drug-likeness (QED) is 0.547. The third-order valence-corrected chi connectivity index (χ3v) is 6.45. The number of aryl methyl sites for hydroxylation is 1. The third-order valence-electron chi connectivity index (χ3n) is 4.86. The molecule has 9 heteroatoms. The second-order valence-electron chi connectivity index (χ2n) is 7.02. The molecule has 2 aromatic rings.